The number of rotatable bonds is 5. The molecule has 1 aliphatic heterocycles. The fourth-order valence-electron chi connectivity index (χ4n) is 4.02. The lowest BCUT2D eigenvalue weighted by Gasteiger charge is -2.33. The van der Waals surface area contributed by atoms with Gasteiger partial charge in [-0.3, -0.25) is 4.79 Å². The standard InChI is InChI=1S/C20H31NO3/c1-19(2,3)12-20(4,5)14-7-8-17(24-6)15(10-14)16-9-13(11-21-16)18(22)23/h7-8,10,13,16,21H,9,11-12H2,1-6H3,(H,22,23). The average Bonchev–Trinajstić information content (AvgIpc) is 2.94. The molecule has 4 heteroatoms. The topological polar surface area (TPSA) is 58.6 Å². The number of hydrogen-bond donors (Lipinski definition) is 2. The molecule has 0 spiro atoms. The minimum absolute atomic E-state index is 0.0337. The molecular weight excluding hydrogens is 302 g/mol. The number of aliphatic carboxylic acids is 1. The molecule has 0 aromatic heterocycles. The third kappa shape index (κ3) is 4.29. The van der Waals surface area contributed by atoms with Gasteiger partial charge in [0.15, 0.2) is 0 Å². The van der Waals surface area contributed by atoms with E-state index >= 15 is 0 Å². The Labute approximate surface area is 145 Å². The Hall–Kier alpha value is -1.55. The van der Waals surface area contributed by atoms with Crippen LogP contribution in [0.2, 0.25) is 0 Å². The molecule has 134 valence electrons. The third-order valence-electron chi connectivity index (χ3n) is 4.84. The number of ether oxygens (including phenoxy) is 1. The van der Waals surface area contributed by atoms with E-state index in [1.54, 1.807) is 7.11 Å². The highest BCUT2D eigenvalue weighted by molar-refractivity contribution is 5.71. The molecule has 1 heterocycles. The van der Waals surface area contributed by atoms with Gasteiger partial charge in [-0.2, -0.15) is 0 Å². The normalized spacial score (nSPS) is 21.8. The predicted octanol–water partition coefficient (Wildman–Crippen LogP) is 4.14. The first-order valence-corrected chi connectivity index (χ1v) is 8.68. The summed E-state index contributed by atoms with van der Waals surface area (Å²) < 4.78 is 5.53. The summed E-state index contributed by atoms with van der Waals surface area (Å²) in [5.74, 6) is -0.229. The van der Waals surface area contributed by atoms with Crippen molar-refractivity contribution in [1.82, 2.24) is 5.32 Å². The van der Waals surface area contributed by atoms with Crippen molar-refractivity contribution >= 4 is 5.97 Å². The van der Waals surface area contributed by atoms with E-state index in [0.29, 0.717) is 13.0 Å². The van der Waals surface area contributed by atoms with Gasteiger partial charge in [0.2, 0.25) is 0 Å². The summed E-state index contributed by atoms with van der Waals surface area (Å²) in [6, 6.07) is 6.39. The van der Waals surface area contributed by atoms with Crippen molar-refractivity contribution in [2.75, 3.05) is 13.7 Å². The minimum Gasteiger partial charge on any atom is -0.496 e. The second-order valence-corrected chi connectivity index (χ2v) is 8.81. The van der Waals surface area contributed by atoms with E-state index in [1.807, 2.05) is 6.07 Å². The lowest BCUT2D eigenvalue weighted by molar-refractivity contribution is -0.141. The van der Waals surface area contributed by atoms with Crippen LogP contribution < -0.4 is 10.1 Å². The highest BCUT2D eigenvalue weighted by Gasteiger charge is 2.33. The first-order chi connectivity index (χ1) is 11.0. The second-order valence-electron chi connectivity index (χ2n) is 8.81. The fraction of sp³-hybridized carbons (Fsp3) is 0.650. The lowest BCUT2D eigenvalue weighted by Crippen LogP contribution is -2.25. The number of methoxy groups -OCH3 is 1. The summed E-state index contributed by atoms with van der Waals surface area (Å²) in [5, 5.41) is 12.6. The molecule has 0 aliphatic carbocycles. The molecule has 2 rings (SSSR count). The second kappa shape index (κ2) is 6.75. The summed E-state index contributed by atoms with van der Waals surface area (Å²) in [5.41, 5.74) is 2.63. The Morgan fingerprint density at radius 2 is 1.96 bits per heavy atom. The van der Waals surface area contributed by atoms with Crippen LogP contribution in [0.5, 0.6) is 5.75 Å². The Morgan fingerprint density at radius 3 is 2.46 bits per heavy atom. The number of carboxylic acid groups (broad SMARTS) is 1. The molecule has 0 bridgehead atoms. The summed E-state index contributed by atoms with van der Waals surface area (Å²) in [4.78, 5) is 11.2. The Morgan fingerprint density at radius 1 is 1.29 bits per heavy atom. The molecule has 24 heavy (non-hydrogen) atoms. The van der Waals surface area contributed by atoms with E-state index < -0.39 is 5.97 Å². The van der Waals surface area contributed by atoms with Crippen LogP contribution in [0.1, 0.15) is 64.6 Å². The number of benzene rings is 1. The van der Waals surface area contributed by atoms with Crippen LogP contribution in [-0.2, 0) is 10.2 Å². The maximum atomic E-state index is 11.2. The Balaban J connectivity index is 2.33. The molecule has 1 aromatic rings. The van der Waals surface area contributed by atoms with Crippen LogP contribution in [0.15, 0.2) is 18.2 Å². The van der Waals surface area contributed by atoms with E-state index in [2.05, 4.69) is 52.1 Å². The third-order valence-corrected chi connectivity index (χ3v) is 4.84. The van der Waals surface area contributed by atoms with Crippen molar-refractivity contribution in [2.24, 2.45) is 11.3 Å². The lowest BCUT2D eigenvalue weighted by atomic mass is 9.72. The van der Waals surface area contributed by atoms with E-state index in [0.717, 1.165) is 17.7 Å². The van der Waals surface area contributed by atoms with Gasteiger partial charge in [0.25, 0.3) is 0 Å². The van der Waals surface area contributed by atoms with Crippen molar-refractivity contribution in [1.29, 1.82) is 0 Å². The molecule has 1 fully saturated rings. The van der Waals surface area contributed by atoms with Gasteiger partial charge < -0.3 is 15.2 Å². The molecule has 4 nitrogen and oxygen atoms in total. The van der Waals surface area contributed by atoms with Crippen molar-refractivity contribution in [3.8, 4) is 5.75 Å². The monoisotopic (exact) mass is 333 g/mol. The molecule has 1 aromatic carbocycles. The smallest absolute Gasteiger partial charge is 0.307 e. The molecular formula is C20H31NO3. The van der Waals surface area contributed by atoms with Gasteiger partial charge >= 0.3 is 5.97 Å². The SMILES string of the molecule is COc1ccc(C(C)(C)CC(C)(C)C)cc1C1CC(C(=O)O)CN1. The maximum absolute atomic E-state index is 11.2. The van der Waals surface area contributed by atoms with E-state index in [1.165, 1.54) is 5.56 Å². The molecule has 2 atom stereocenters. The number of carbonyl (C=O) groups is 1. The highest BCUT2D eigenvalue weighted by atomic mass is 16.5. The van der Waals surface area contributed by atoms with Gasteiger partial charge in [0, 0.05) is 18.2 Å². The number of nitrogens with one attached hydrogen (secondary N) is 1. The molecule has 0 radical (unpaired) electrons. The first-order valence-electron chi connectivity index (χ1n) is 8.68. The molecule has 0 amide bonds. The van der Waals surface area contributed by atoms with Crippen LogP contribution in [0.3, 0.4) is 0 Å². The highest BCUT2D eigenvalue weighted by Crippen LogP contribution is 2.40. The quantitative estimate of drug-likeness (QED) is 0.850. The zero-order valence-corrected chi connectivity index (χ0v) is 15.8. The largest absolute Gasteiger partial charge is 0.496 e. The molecule has 1 aliphatic rings. The van der Waals surface area contributed by atoms with Gasteiger partial charge in [-0.1, -0.05) is 40.7 Å². The zero-order chi connectivity index (χ0) is 18.1. The summed E-state index contributed by atoms with van der Waals surface area (Å²) in [6.07, 6.45) is 1.68. The van der Waals surface area contributed by atoms with Crippen molar-refractivity contribution in [3.05, 3.63) is 29.3 Å². The van der Waals surface area contributed by atoms with Gasteiger partial charge in [-0.15, -0.1) is 0 Å². The van der Waals surface area contributed by atoms with E-state index in [4.69, 9.17) is 4.74 Å². The van der Waals surface area contributed by atoms with Crippen molar-refractivity contribution < 1.29 is 14.6 Å². The van der Waals surface area contributed by atoms with Crippen LogP contribution in [0.25, 0.3) is 0 Å². The zero-order valence-electron chi connectivity index (χ0n) is 15.8. The van der Waals surface area contributed by atoms with E-state index in [-0.39, 0.29) is 22.8 Å². The Kier molecular flexibility index (Phi) is 5.28. The van der Waals surface area contributed by atoms with Crippen LogP contribution in [0, 0.1) is 11.3 Å². The number of hydrogen-bond acceptors (Lipinski definition) is 3. The van der Waals surface area contributed by atoms with Gasteiger partial charge in [0.1, 0.15) is 5.75 Å². The van der Waals surface area contributed by atoms with Crippen LogP contribution in [0.4, 0.5) is 0 Å². The average molecular weight is 333 g/mol. The minimum atomic E-state index is -0.729. The van der Waals surface area contributed by atoms with Gasteiger partial charge in [-0.05, 0) is 41.4 Å². The summed E-state index contributed by atoms with van der Waals surface area (Å²) in [7, 11) is 1.67. The van der Waals surface area contributed by atoms with Crippen LogP contribution >= 0.6 is 0 Å². The van der Waals surface area contributed by atoms with Gasteiger partial charge in [-0.25, -0.2) is 0 Å². The predicted molar refractivity (Wildman–Crippen MR) is 96.6 cm³/mol. The fourth-order valence-corrected chi connectivity index (χ4v) is 4.02. The molecule has 2 N–H and O–H groups in total. The molecule has 0 saturated carbocycles. The summed E-state index contributed by atoms with van der Waals surface area (Å²) in [6.45, 7) is 11.8. The number of carboxylic acids is 1. The molecule has 2 unspecified atom stereocenters. The maximum Gasteiger partial charge on any atom is 0.307 e. The van der Waals surface area contributed by atoms with Crippen LogP contribution in [-0.4, -0.2) is 24.7 Å². The Bertz CT molecular complexity index is 601. The first kappa shape index (κ1) is 18.8. The van der Waals surface area contributed by atoms with E-state index in [9.17, 15) is 9.90 Å². The summed E-state index contributed by atoms with van der Waals surface area (Å²) >= 11 is 0. The van der Waals surface area contributed by atoms with Crippen molar-refractivity contribution in [2.45, 2.75) is 58.9 Å². The van der Waals surface area contributed by atoms with Gasteiger partial charge in [0.05, 0.1) is 13.0 Å². The molecule has 1 saturated heterocycles. The van der Waals surface area contributed by atoms with Crippen molar-refractivity contribution in [3.63, 3.8) is 0 Å².